The summed E-state index contributed by atoms with van der Waals surface area (Å²) < 4.78 is 30.8. The molecule has 1 heterocycles. The molecule has 0 aliphatic heterocycles. The lowest BCUT2D eigenvalue weighted by molar-refractivity contribution is 0.574. The van der Waals surface area contributed by atoms with Gasteiger partial charge in [-0.05, 0) is 24.2 Å². The highest BCUT2D eigenvalue weighted by Crippen LogP contribution is 2.29. The van der Waals surface area contributed by atoms with Gasteiger partial charge in [-0.2, -0.15) is 0 Å². The van der Waals surface area contributed by atoms with Gasteiger partial charge in [0.2, 0.25) is 0 Å². The molecule has 0 fully saturated rings. The summed E-state index contributed by atoms with van der Waals surface area (Å²) in [5.41, 5.74) is 5.86. The van der Waals surface area contributed by atoms with Crippen LogP contribution in [0.5, 0.6) is 0 Å². The summed E-state index contributed by atoms with van der Waals surface area (Å²) in [7, 11) is 0. The van der Waals surface area contributed by atoms with E-state index in [4.69, 9.17) is 22.8 Å². The minimum absolute atomic E-state index is 0.140. The highest BCUT2D eigenvalue weighted by atomic mass is 35.5. The van der Waals surface area contributed by atoms with Crippen molar-refractivity contribution < 1.29 is 5.48 Å². The Morgan fingerprint density at radius 2 is 2.25 bits per heavy atom. The molecule has 0 saturated heterocycles. The number of anilines is 1. The molecule has 0 atom stereocenters. The molecule has 2 N–H and O–H groups in total. The van der Waals surface area contributed by atoms with Crippen LogP contribution in [0, 0.1) is 0 Å². The summed E-state index contributed by atoms with van der Waals surface area (Å²) in [4.78, 5) is 4.35. The number of nitrogens with zero attached hydrogens (tertiary/aromatic N) is 1. The van der Waals surface area contributed by atoms with Crippen molar-refractivity contribution in [2.75, 3.05) is 5.73 Å². The molecule has 2 nitrogen and oxygen atoms in total. The molecule has 0 saturated carbocycles. The van der Waals surface area contributed by atoms with Crippen molar-refractivity contribution in [1.29, 1.82) is 0 Å². The Morgan fingerprint density at radius 1 is 1.50 bits per heavy atom. The minimum Gasteiger partial charge on any atom is -0.397 e. The zero-order valence-corrected chi connectivity index (χ0v) is 9.89. The summed E-state index contributed by atoms with van der Waals surface area (Å²) in [6.45, 7) is 0.947. The smallest absolute Gasteiger partial charge is 0.0708 e. The number of fused-ring (bicyclic) bond motifs is 1. The predicted molar refractivity (Wildman–Crippen MR) is 69.9 cm³/mol. The lowest BCUT2D eigenvalue weighted by atomic mass is 9.90. The van der Waals surface area contributed by atoms with Gasteiger partial charge in [0, 0.05) is 19.9 Å². The number of hydrogen-bond donors (Lipinski definition) is 1. The van der Waals surface area contributed by atoms with Crippen LogP contribution in [-0.4, -0.2) is 4.98 Å². The molecule has 2 aromatic rings. The van der Waals surface area contributed by atoms with E-state index < -0.39 is 12.3 Å². The first-order valence-corrected chi connectivity index (χ1v) is 5.29. The monoisotopic (exact) mass is 238 g/mol. The van der Waals surface area contributed by atoms with E-state index in [1.54, 1.807) is 32.0 Å². The van der Waals surface area contributed by atoms with Crippen molar-refractivity contribution in [1.82, 2.24) is 4.98 Å². The molecule has 16 heavy (non-hydrogen) atoms. The van der Waals surface area contributed by atoms with E-state index in [-0.39, 0.29) is 11.7 Å². The Morgan fingerprint density at radius 3 is 2.94 bits per heavy atom. The van der Waals surface area contributed by atoms with E-state index in [2.05, 4.69) is 4.98 Å². The second kappa shape index (κ2) is 3.63. The zero-order valence-electron chi connectivity index (χ0n) is 13.1. The van der Waals surface area contributed by atoms with Crippen LogP contribution in [0.2, 0.25) is 5.02 Å². The summed E-state index contributed by atoms with van der Waals surface area (Å²) >= 11 is 5.90. The van der Waals surface area contributed by atoms with Gasteiger partial charge >= 0.3 is 0 Å². The van der Waals surface area contributed by atoms with Crippen molar-refractivity contribution in [3.8, 4) is 0 Å². The molecule has 84 valence electrons. The lowest BCUT2D eigenvalue weighted by Crippen LogP contribution is -2.16. The van der Waals surface area contributed by atoms with E-state index in [0.717, 1.165) is 0 Å². The molecular weight excluding hydrogens is 220 g/mol. The Hall–Kier alpha value is -1.28. The molecule has 0 aliphatic rings. The number of aromatic nitrogens is 1. The molecule has 2 rings (SSSR count). The second-order valence-corrected chi connectivity index (χ2v) is 4.70. The maximum Gasteiger partial charge on any atom is 0.0708 e. The largest absolute Gasteiger partial charge is 0.397 e. The Bertz CT molecular complexity index is 680. The van der Waals surface area contributed by atoms with Gasteiger partial charge in [-0.3, -0.25) is 4.98 Å². The van der Waals surface area contributed by atoms with Crippen molar-refractivity contribution in [3.05, 3.63) is 35.0 Å². The van der Waals surface area contributed by atoms with Crippen molar-refractivity contribution in [2.24, 2.45) is 0 Å². The molecule has 0 bridgehead atoms. The van der Waals surface area contributed by atoms with Crippen molar-refractivity contribution in [3.63, 3.8) is 0 Å². The van der Waals surface area contributed by atoms with Gasteiger partial charge in [0.1, 0.15) is 0 Å². The predicted octanol–water partition coefficient (Wildman–Crippen LogP) is 3.77. The average Bonchev–Trinajstić information content (AvgIpc) is 2.32. The second-order valence-electron chi connectivity index (χ2n) is 4.29. The van der Waals surface area contributed by atoms with E-state index in [9.17, 15) is 0 Å². The fraction of sp³-hybridized carbons (Fsp3) is 0.308. The van der Waals surface area contributed by atoms with Gasteiger partial charge in [0.05, 0.1) is 18.3 Å². The zero-order chi connectivity index (χ0) is 15.3. The van der Waals surface area contributed by atoms with E-state index in [0.29, 0.717) is 21.6 Å². The van der Waals surface area contributed by atoms with Crippen LogP contribution in [0.3, 0.4) is 0 Å². The summed E-state index contributed by atoms with van der Waals surface area (Å²) in [6, 6.07) is 4.94. The third kappa shape index (κ3) is 1.98. The number of halogens is 1. The number of nitrogens with two attached hydrogens (primary N) is 1. The maximum absolute atomic E-state index is 7.90. The minimum atomic E-state index is -2.22. The van der Waals surface area contributed by atoms with Crippen LogP contribution in [0.1, 0.15) is 31.9 Å². The van der Waals surface area contributed by atoms with Gasteiger partial charge < -0.3 is 5.73 Å². The summed E-state index contributed by atoms with van der Waals surface area (Å²) in [6.07, 6.45) is 0. The standard InChI is InChI=1S/C13H15ClN2/c1-13(2,3)12-10(15)7-8-6-9(14)4-5-11(8)16-12/h4-7H,15H2,1-3H3/i1D3,6D. The highest BCUT2D eigenvalue weighted by molar-refractivity contribution is 6.31. The molecule has 1 aromatic heterocycles. The number of rotatable bonds is 0. The SMILES string of the molecule is [2H]c1c(Cl)ccc2nc(C(C)(C)C([2H])([2H])[2H])c(N)cc12. The van der Waals surface area contributed by atoms with E-state index >= 15 is 0 Å². The number of pyridine rings is 1. The van der Waals surface area contributed by atoms with E-state index in [1.807, 2.05) is 0 Å². The van der Waals surface area contributed by atoms with Gasteiger partial charge in [-0.1, -0.05) is 32.3 Å². The van der Waals surface area contributed by atoms with Crippen LogP contribution < -0.4 is 5.73 Å². The summed E-state index contributed by atoms with van der Waals surface area (Å²) in [5.74, 6) is 0. The third-order valence-electron chi connectivity index (χ3n) is 2.32. The Labute approximate surface area is 106 Å². The first-order valence-electron chi connectivity index (χ1n) is 6.91. The van der Waals surface area contributed by atoms with Crippen LogP contribution in [0.15, 0.2) is 24.2 Å². The fourth-order valence-corrected chi connectivity index (χ4v) is 1.76. The van der Waals surface area contributed by atoms with Crippen LogP contribution >= 0.6 is 11.6 Å². The molecule has 0 radical (unpaired) electrons. The number of nitrogen functional groups attached to an aromatic ring is 1. The topological polar surface area (TPSA) is 38.9 Å². The molecule has 0 spiro atoms. The van der Waals surface area contributed by atoms with Crippen LogP contribution in [-0.2, 0) is 5.41 Å². The first-order chi connectivity index (χ1) is 9.05. The molecule has 3 heteroatoms. The maximum atomic E-state index is 7.90. The lowest BCUT2D eigenvalue weighted by Gasteiger charge is -2.20. The van der Waals surface area contributed by atoms with Crippen molar-refractivity contribution in [2.45, 2.75) is 26.1 Å². The summed E-state index contributed by atoms with van der Waals surface area (Å²) in [5, 5.41) is 0.821. The fourth-order valence-electron chi connectivity index (χ4n) is 1.59. The molecule has 0 amide bonds. The van der Waals surface area contributed by atoms with Crippen LogP contribution in [0.25, 0.3) is 10.9 Å². The van der Waals surface area contributed by atoms with Gasteiger partial charge in [0.15, 0.2) is 0 Å². The quantitative estimate of drug-likeness (QED) is 0.759. The molecule has 0 unspecified atom stereocenters. The molecule has 1 aromatic carbocycles. The van der Waals surface area contributed by atoms with Gasteiger partial charge in [-0.25, -0.2) is 0 Å². The number of hydrogen-bond acceptors (Lipinski definition) is 2. The first kappa shape index (κ1) is 7.13. The van der Waals surface area contributed by atoms with Gasteiger partial charge in [-0.15, -0.1) is 0 Å². The van der Waals surface area contributed by atoms with E-state index in [1.165, 1.54) is 0 Å². The Balaban J connectivity index is 2.75. The average molecular weight is 239 g/mol. The molecule has 0 aliphatic carbocycles. The normalized spacial score (nSPS) is 16.4. The number of benzene rings is 1. The van der Waals surface area contributed by atoms with Gasteiger partial charge in [0.25, 0.3) is 0 Å². The molecular formula is C13H15ClN2. The van der Waals surface area contributed by atoms with Crippen LogP contribution in [0.4, 0.5) is 5.69 Å². The third-order valence-corrected chi connectivity index (χ3v) is 2.54. The van der Waals surface area contributed by atoms with Crippen molar-refractivity contribution >= 4 is 28.2 Å². The highest BCUT2D eigenvalue weighted by Gasteiger charge is 2.19. The Kier molecular flexibility index (Phi) is 1.62.